The molecule has 0 saturated heterocycles. The Hall–Kier alpha value is -1.35. The number of nitrogens with zero attached hydrogens (tertiary/aromatic N) is 2. The van der Waals surface area contributed by atoms with Gasteiger partial charge < -0.3 is 23.2 Å². The van der Waals surface area contributed by atoms with Crippen molar-refractivity contribution >= 4 is 66.3 Å². The molecule has 0 radical (unpaired) electrons. The molecule has 2 heterocycles. The van der Waals surface area contributed by atoms with Crippen LogP contribution < -0.4 is 43.8 Å². The summed E-state index contributed by atoms with van der Waals surface area (Å²) >= 11 is 12.3. The SMILES string of the molecule is O=S(=O)([O-])CCCN1c2cc(Cl)ccc2OC1CC=Cc1oc2ccc(Cl)cc2[n+]1CCCS(=O)(=O)[O-].[Na+]. The zero-order chi connectivity index (χ0) is 26.8. The van der Waals surface area contributed by atoms with Crippen LogP contribution in [0.1, 0.15) is 25.2 Å². The molecule has 0 bridgehead atoms. The average molecular weight is 613 g/mol. The van der Waals surface area contributed by atoms with E-state index in [1.165, 1.54) is 0 Å². The zero-order valence-corrected chi connectivity index (χ0v) is 25.5. The molecule has 0 spiro atoms. The zero-order valence-electron chi connectivity index (χ0n) is 20.4. The van der Waals surface area contributed by atoms with Crippen molar-refractivity contribution in [3.63, 3.8) is 0 Å². The topological polar surface area (TPSA) is 144 Å². The molecule has 0 amide bonds. The van der Waals surface area contributed by atoms with Crippen LogP contribution in [0, 0.1) is 0 Å². The van der Waals surface area contributed by atoms with Gasteiger partial charge in [0.2, 0.25) is 5.58 Å². The summed E-state index contributed by atoms with van der Waals surface area (Å²) in [6.07, 6.45) is 3.60. The number of aromatic nitrogens is 1. The summed E-state index contributed by atoms with van der Waals surface area (Å²) in [6, 6.07) is 10.2. The first-order chi connectivity index (χ1) is 17.4. The van der Waals surface area contributed by atoms with Gasteiger partial charge in [0.05, 0.1) is 25.9 Å². The summed E-state index contributed by atoms with van der Waals surface area (Å²) in [7, 11) is -8.71. The minimum absolute atomic E-state index is 0. The maximum atomic E-state index is 11.1. The standard InChI is InChI=1S/C23H24Cl2N2O8S2.Na/c24-16-6-8-20-18(14-16)26(10-2-12-36(28,29)30)22(34-20)4-1-5-23-27(11-3-13-37(31,32)33)19-15-17(25)7-9-21(19)35-23;/h1,4,6-9,14-15,23H,2-3,5,10-13H2,(H-,28,29,30,31,32,33);/q;+1/p-1. The fourth-order valence-electron chi connectivity index (χ4n) is 4.14. The van der Waals surface area contributed by atoms with Gasteiger partial charge in [0.25, 0.3) is 5.52 Å². The number of aryl methyl sites for hydroxylation is 1. The third kappa shape index (κ3) is 8.33. The summed E-state index contributed by atoms with van der Waals surface area (Å²) in [5.41, 5.74) is 1.88. The second kappa shape index (κ2) is 12.9. The van der Waals surface area contributed by atoms with E-state index >= 15 is 0 Å². The average Bonchev–Trinajstić information content (AvgIpc) is 3.30. The second-order valence-corrected chi connectivity index (χ2v) is 12.4. The first-order valence-corrected chi connectivity index (χ1v) is 15.2. The van der Waals surface area contributed by atoms with Crippen molar-refractivity contribution in [2.45, 2.75) is 32.0 Å². The molecular formula is C23H23Cl2N2NaO8S2. The van der Waals surface area contributed by atoms with Crippen molar-refractivity contribution in [1.29, 1.82) is 0 Å². The molecule has 4 rings (SSSR count). The Kier molecular flexibility index (Phi) is 10.6. The number of halogens is 2. The van der Waals surface area contributed by atoms with Gasteiger partial charge in [0.15, 0.2) is 12.8 Å². The molecule has 0 saturated carbocycles. The van der Waals surface area contributed by atoms with E-state index in [-0.39, 0.29) is 55.5 Å². The molecule has 15 heteroatoms. The molecule has 1 aliphatic rings. The van der Waals surface area contributed by atoms with Crippen molar-refractivity contribution in [1.82, 2.24) is 0 Å². The van der Waals surface area contributed by atoms with Gasteiger partial charge in [0, 0.05) is 53.1 Å². The molecule has 0 aliphatic carbocycles. The Balaban J connectivity index is 0.00000400. The molecule has 1 aliphatic heterocycles. The van der Waals surface area contributed by atoms with Crippen LogP contribution in [0.3, 0.4) is 0 Å². The van der Waals surface area contributed by atoms with Crippen LogP contribution >= 0.6 is 23.2 Å². The Morgan fingerprint density at radius 1 is 0.974 bits per heavy atom. The predicted octanol–water partition coefficient (Wildman–Crippen LogP) is 0.530. The molecule has 1 atom stereocenters. The number of hydrogen-bond acceptors (Lipinski definition) is 9. The van der Waals surface area contributed by atoms with E-state index in [9.17, 15) is 25.9 Å². The van der Waals surface area contributed by atoms with Gasteiger partial charge in [-0.15, -0.1) is 0 Å². The minimum atomic E-state index is -4.36. The smallest absolute Gasteiger partial charge is 0.748 e. The van der Waals surface area contributed by atoms with Gasteiger partial charge in [0.1, 0.15) is 5.75 Å². The van der Waals surface area contributed by atoms with Crippen LogP contribution in [-0.2, 0) is 26.8 Å². The number of rotatable bonds is 11. The third-order valence-corrected chi connectivity index (χ3v) is 7.75. The van der Waals surface area contributed by atoms with Crippen LogP contribution in [0.25, 0.3) is 17.2 Å². The van der Waals surface area contributed by atoms with E-state index in [0.717, 1.165) is 0 Å². The quantitative estimate of drug-likeness (QED) is 0.172. The minimum Gasteiger partial charge on any atom is -0.748 e. The van der Waals surface area contributed by atoms with E-state index < -0.39 is 38.0 Å². The van der Waals surface area contributed by atoms with E-state index in [1.54, 1.807) is 53.1 Å². The summed E-state index contributed by atoms with van der Waals surface area (Å²) in [6.45, 7) is 0.480. The van der Waals surface area contributed by atoms with E-state index in [1.807, 2.05) is 4.90 Å². The molecule has 2 aromatic carbocycles. The maximum Gasteiger partial charge on any atom is 1.00 e. The van der Waals surface area contributed by atoms with Gasteiger partial charge >= 0.3 is 35.4 Å². The largest absolute Gasteiger partial charge is 1.00 e. The first kappa shape index (κ1) is 31.2. The van der Waals surface area contributed by atoms with Crippen LogP contribution in [0.5, 0.6) is 5.75 Å². The number of anilines is 1. The molecular weight excluding hydrogens is 590 g/mol. The summed E-state index contributed by atoms with van der Waals surface area (Å²) in [5, 5.41) is 0.961. The monoisotopic (exact) mass is 612 g/mol. The van der Waals surface area contributed by atoms with Gasteiger partial charge in [-0.1, -0.05) is 29.3 Å². The molecule has 3 aromatic rings. The van der Waals surface area contributed by atoms with Crippen LogP contribution in [0.15, 0.2) is 46.9 Å². The van der Waals surface area contributed by atoms with Crippen LogP contribution in [0.4, 0.5) is 5.69 Å². The number of ether oxygens (including phenoxy) is 1. The van der Waals surface area contributed by atoms with Crippen molar-refractivity contribution in [2.75, 3.05) is 23.0 Å². The fourth-order valence-corrected chi connectivity index (χ4v) is 5.44. The number of fused-ring (bicyclic) bond motifs is 2. The number of oxazole rings is 1. The molecule has 200 valence electrons. The molecule has 38 heavy (non-hydrogen) atoms. The Morgan fingerprint density at radius 2 is 1.63 bits per heavy atom. The van der Waals surface area contributed by atoms with Crippen molar-refractivity contribution in [3.05, 3.63) is 58.4 Å². The Bertz CT molecular complexity index is 1540. The third-order valence-electron chi connectivity index (χ3n) is 5.70. The van der Waals surface area contributed by atoms with E-state index in [2.05, 4.69) is 0 Å². The van der Waals surface area contributed by atoms with Gasteiger partial charge in [-0.3, -0.25) is 0 Å². The molecule has 1 unspecified atom stereocenters. The maximum absolute atomic E-state index is 11.1. The molecule has 1 aromatic heterocycles. The first-order valence-electron chi connectivity index (χ1n) is 11.3. The normalized spacial score (nSPS) is 15.6. The summed E-state index contributed by atoms with van der Waals surface area (Å²) in [4.78, 5) is 1.85. The predicted molar refractivity (Wildman–Crippen MR) is 137 cm³/mol. The number of benzene rings is 2. The van der Waals surface area contributed by atoms with E-state index in [0.29, 0.717) is 44.9 Å². The summed E-state index contributed by atoms with van der Waals surface area (Å²) in [5.74, 6) is -0.00724. The van der Waals surface area contributed by atoms with Crippen molar-refractivity contribution in [3.8, 4) is 5.75 Å². The second-order valence-electron chi connectivity index (χ2n) is 8.45. The van der Waals surface area contributed by atoms with Gasteiger partial charge in [-0.05, 0) is 36.8 Å². The molecule has 0 N–H and O–H groups in total. The van der Waals surface area contributed by atoms with Gasteiger partial charge in [-0.2, -0.15) is 4.57 Å². The van der Waals surface area contributed by atoms with Gasteiger partial charge in [-0.25, -0.2) is 16.8 Å². The summed E-state index contributed by atoms with van der Waals surface area (Å²) < 4.78 is 80.1. The van der Waals surface area contributed by atoms with Crippen molar-refractivity contribution in [2.24, 2.45) is 0 Å². The van der Waals surface area contributed by atoms with E-state index in [4.69, 9.17) is 32.4 Å². The van der Waals surface area contributed by atoms with Crippen molar-refractivity contribution < 1.29 is 69.2 Å². The molecule has 10 nitrogen and oxygen atoms in total. The molecule has 0 fully saturated rings. The Morgan fingerprint density at radius 3 is 2.34 bits per heavy atom. The van der Waals surface area contributed by atoms with Crippen LogP contribution in [-0.4, -0.2) is 50.2 Å². The Labute approximate surface area is 252 Å². The fraction of sp³-hybridized carbons (Fsp3) is 0.348. The number of hydrogen-bond donors (Lipinski definition) is 0. The van der Waals surface area contributed by atoms with Crippen LogP contribution in [0.2, 0.25) is 10.0 Å².